The molecule has 1 aromatic rings. The summed E-state index contributed by atoms with van der Waals surface area (Å²) in [4.78, 5) is 0.163. The third kappa shape index (κ3) is 2.49. The number of aromatic nitrogens is 2. The Hall–Kier alpha value is -1.08. The Morgan fingerprint density at radius 3 is 2.47 bits per heavy atom. The Kier molecular flexibility index (Phi) is 3.87. The molecule has 2 rings (SSSR count). The maximum Gasteiger partial charge on any atom is 0.248 e. The number of anilines is 1. The first kappa shape index (κ1) is 14.3. The molecule has 0 radical (unpaired) electrons. The van der Waals surface area contributed by atoms with Gasteiger partial charge >= 0.3 is 0 Å². The minimum atomic E-state index is -3.54. The molecule has 0 amide bonds. The molecule has 0 bridgehead atoms. The molecule has 1 aliphatic carbocycles. The molecule has 108 valence electrons. The number of hydrogen-bond donors (Lipinski definition) is 1. The van der Waals surface area contributed by atoms with E-state index in [4.69, 9.17) is 5.73 Å². The van der Waals surface area contributed by atoms with E-state index < -0.39 is 10.0 Å². The second kappa shape index (κ2) is 5.13. The lowest BCUT2D eigenvalue weighted by Crippen LogP contribution is -2.37. The lowest BCUT2D eigenvalue weighted by atomic mass is 9.85. The monoisotopic (exact) mass is 286 g/mol. The minimum Gasteiger partial charge on any atom is -0.381 e. The Morgan fingerprint density at radius 2 is 2.11 bits per heavy atom. The lowest BCUT2D eigenvalue weighted by molar-refractivity contribution is 0.250. The fraction of sp³-hybridized carbons (Fsp3) is 0.750. The normalized spacial score (nSPS) is 16.8. The fourth-order valence-corrected chi connectivity index (χ4v) is 4.24. The molecule has 2 N–H and O–H groups in total. The molecule has 0 spiro atoms. The molecule has 7 heteroatoms. The van der Waals surface area contributed by atoms with Crippen molar-refractivity contribution < 1.29 is 8.42 Å². The van der Waals surface area contributed by atoms with E-state index in [9.17, 15) is 8.42 Å². The van der Waals surface area contributed by atoms with Gasteiger partial charge in [-0.2, -0.15) is 9.40 Å². The highest BCUT2D eigenvalue weighted by molar-refractivity contribution is 7.89. The second-order valence-corrected chi connectivity index (χ2v) is 7.05. The first-order valence-electron chi connectivity index (χ1n) is 6.67. The molecule has 1 heterocycles. The summed E-state index contributed by atoms with van der Waals surface area (Å²) in [5.41, 5.74) is 6.35. The van der Waals surface area contributed by atoms with Gasteiger partial charge in [0.25, 0.3) is 0 Å². The van der Waals surface area contributed by atoms with E-state index in [-0.39, 0.29) is 10.7 Å². The highest BCUT2D eigenvalue weighted by Crippen LogP contribution is 2.31. The van der Waals surface area contributed by atoms with E-state index in [1.54, 1.807) is 14.0 Å². The Bertz CT molecular complexity index is 561. The predicted molar refractivity (Wildman–Crippen MR) is 74.1 cm³/mol. The number of nitrogens with two attached hydrogens (primary N) is 1. The van der Waals surface area contributed by atoms with Gasteiger partial charge in [0.05, 0.1) is 5.69 Å². The van der Waals surface area contributed by atoms with Gasteiger partial charge in [0.2, 0.25) is 10.0 Å². The average molecular weight is 286 g/mol. The quantitative estimate of drug-likeness (QED) is 0.879. The Morgan fingerprint density at radius 1 is 1.47 bits per heavy atom. The van der Waals surface area contributed by atoms with Crippen LogP contribution in [0.25, 0.3) is 0 Å². The minimum absolute atomic E-state index is 0.0899. The van der Waals surface area contributed by atoms with Crippen LogP contribution in [-0.4, -0.2) is 35.6 Å². The van der Waals surface area contributed by atoms with Crippen molar-refractivity contribution in [1.82, 2.24) is 14.1 Å². The molecular weight excluding hydrogens is 264 g/mol. The zero-order chi connectivity index (χ0) is 14.2. The molecule has 0 saturated heterocycles. The second-order valence-electron chi connectivity index (χ2n) is 5.18. The summed E-state index contributed by atoms with van der Waals surface area (Å²) in [6.07, 6.45) is 3.44. The molecule has 0 atom stereocenters. The van der Waals surface area contributed by atoms with Gasteiger partial charge in [-0.3, -0.25) is 4.68 Å². The Balaban J connectivity index is 2.33. The van der Waals surface area contributed by atoms with Gasteiger partial charge in [0, 0.05) is 20.1 Å². The standard InChI is InChI=1S/C12H22N4O2S/c1-4-16(8-10-6-5-7-10)19(17,18)11-9(2)15(3)14-12(11)13/h10H,4-8H2,1-3H3,(H2,13,14). The van der Waals surface area contributed by atoms with Crippen LogP contribution in [0, 0.1) is 12.8 Å². The van der Waals surface area contributed by atoms with E-state index in [1.165, 1.54) is 15.4 Å². The average Bonchev–Trinajstić information content (AvgIpc) is 2.51. The van der Waals surface area contributed by atoms with Crippen molar-refractivity contribution in [2.45, 2.75) is 38.0 Å². The molecule has 1 saturated carbocycles. The molecule has 1 aromatic heterocycles. The van der Waals surface area contributed by atoms with Gasteiger partial charge in [-0.25, -0.2) is 8.42 Å². The molecular formula is C12H22N4O2S. The van der Waals surface area contributed by atoms with E-state index >= 15 is 0 Å². The molecule has 1 aliphatic rings. The molecule has 19 heavy (non-hydrogen) atoms. The molecule has 0 unspecified atom stereocenters. The zero-order valence-electron chi connectivity index (χ0n) is 11.8. The number of sulfonamides is 1. The van der Waals surface area contributed by atoms with Gasteiger partial charge < -0.3 is 5.73 Å². The summed E-state index contributed by atoms with van der Waals surface area (Å²) in [5, 5.41) is 4.00. The zero-order valence-corrected chi connectivity index (χ0v) is 12.6. The van der Waals surface area contributed by atoms with Gasteiger partial charge in [0.15, 0.2) is 5.82 Å². The number of aryl methyl sites for hydroxylation is 1. The van der Waals surface area contributed by atoms with E-state index in [0.717, 1.165) is 12.8 Å². The number of hydrogen-bond acceptors (Lipinski definition) is 4. The largest absolute Gasteiger partial charge is 0.381 e. The van der Waals surface area contributed by atoms with Crippen LogP contribution in [0.5, 0.6) is 0 Å². The summed E-state index contributed by atoms with van der Waals surface area (Å²) in [6, 6.07) is 0. The van der Waals surface area contributed by atoms with Crippen LogP contribution >= 0.6 is 0 Å². The van der Waals surface area contributed by atoms with Crippen LogP contribution in [0.15, 0.2) is 4.90 Å². The third-order valence-electron chi connectivity index (χ3n) is 3.94. The number of nitrogens with zero attached hydrogens (tertiary/aromatic N) is 3. The van der Waals surface area contributed by atoms with Gasteiger partial charge in [-0.05, 0) is 25.7 Å². The summed E-state index contributed by atoms with van der Waals surface area (Å²) in [7, 11) is -1.84. The van der Waals surface area contributed by atoms with Gasteiger partial charge in [-0.1, -0.05) is 13.3 Å². The summed E-state index contributed by atoms with van der Waals surface area (Å²) in [5.74, 6) is 0.583. The van der Waals surface area contributed by atoms with Crippen molar-refractivity contribution in [1.29, 1.82) is 0 Å². The first-order chi connectivity index (χ1) is 8.87. The van der Waals surface area contributed by atoms with E-state index in [2.05, 4.69) is 5.10 Å². The van der Waals surface area contributed by atoms with Crippen LogP contribution in [0.3, 0.4) is 0 Å². The highest BCUT2D eigenvalue weighted by atomic mass is 32.2. The van der Waals surface area contributed by atoms with Crippen LogP contribution in [0.4, 0.5) is 5.82 Å². The van der Waals surface area contributed by atoms with Crippen molar-refractivity contribution in [3.63, 3.8) is 0 Å². The van der Waals surface area contributed by atoms with Crippen molar-refractivity contribution in [2.24, 2.45) is 13.0 Å². The smallest absolute Gasteiger partial charge is 0.248 e. The van der Waals surface area contributed by atoms with Crippen molar-refractivity contribution >= 4 is 15.8 Å². The van der Waals surface area contributed by atoms with E-state index in [1.807, 2.05) is 6.92 Å². The molecule has 1 fully saturated rings. The van der Waals surface area contributed by atoms with Crippen LogP contribution in [-0.2, 0) is 17.1 Å². The highest BCUT2D eigenvalue weighted by Gasteiger charge is 2.32. The number of rotatable bonds is 5. The van der Waals surface area contributed by atoms with Gasteiger partial charge in [-0.15, -0.1) is 0 Å². The van der Waals surface area contributed by atoms with Crippen LogP contribution in [0.2, 0.25) is 0 Å². The van der Waals surface area contributed by atoms with Crippen molar-refractivity contribution in [3.05, 3.63) is 5.69 Å². The summed E-state index contributed by atoms with van der Waals surface area (Å²) in [6.45, 7) is 4.64. The molecule has 0 aromatic carbocycles. The SMILES string of the molecule is CCN(CC1CCC1)S(=O)(=O)c1c(N)nn(C)c1C. The first-order valence-corrected chi connectivity index (χ1v) is 8.11. The summed E-state index contributed by atoms with van der Waals surface area (Å²) >= 11 is 0. The van der Waals surface area contributed by atoms with Gasteiger partial charge in [0.1, 0.15) is 4.90 Å². The number of nitrogen functional groups attached to an aromatic ring is 1. The fourth-order valence-electron chi connectivity index (χ4n) is 2.42. The van der Waals surface area contributed by atoms with Crippen LogP contribution in [0.1, 0.15) is 31.9 Å². The maximum absolute atomic E-state index is 12.7. The predicted octanol–water partition coefficient (Wildman–Crippen LogP) is 1.12. The Labute approximate surface area is 114 Å². The third-order valence-corrected chi connectivity index (χ3v) is 6.05. The van der Waals surface area contributed by atoms with E-state index in [0.29, 0.717) is 24.7 Å². The lowest BCUT2D eigenvalue weighted by Gasteiger charge is -2.31. The summed E-state index contributed by atoms with van der Waals surface area (Å²) < 4.78 is 28.4. The van der Waals surface area contributed by atoms with Crippen molar-refractivity contribution in [2.75, 3.05) is 18.8 Å². The van der Waals surface area contributed by atoms with Crippen LogP contribution < -0.4 is 5.73 Å². The van der Waals surface area contributed by atoms with Crippen molar-refractivity contribution in [3.8, 4) is 0 Å². The molecule has 6 nitrogen and oxygen atoms in total. The topological polar surface area (TPSA) is 81.2 Å². The maximum atomic E-state index is 12.7. The molecule has 0 aliphatic heterocycles.